The summed E-state index contributed by atoms with van der Waals surface area (Å²) in [5.41, 5.74) is 0.510. The van der Waals surface area contributed by atoms with Gasteiger partial charge in [-0.25, -0.2) is 4.39 Å². The van der Waals surface area contributed by atoms with Crippen molar-refractivity contribution in [1.29, 1.82) is 5.26 Å². The first-order chi connectivity index (χ1) is 5.81. The van der Waals surface area contributed by atoms with E-state index in [1.165, 1.54) is 6.26 Å². The third-order valence-corrected chi connectivity index (χ3v) is 1.63. The topological polar surface area (TPSA) is 36.9 Å². The van der Waals surface area contributed by atoms with Crippen molar-refractivity contribution in [2.24, 2.45) is 0 Å². The molecule has 0 radical (unpaired) electrons. The second kappa shape index (κ2) is 2.35. The molecule has 1 aromatic heterocycles. The van der Waals surface area contributed by atoms with Gasteiger partial charge in [-0.3, -0.25) is 0 Å². The summed E-state index contributed by atoms with van der Waals surface area (Å²) in [6.45, 7) is 0. The molecule has 3 heteroatoms. The summed E-state index contributed by atoms with van der Waals surface area (Å²) >= 11 is 0. The number of nitriles is 1. The number of fused-ring (bicyclic) bond motifs is 1. The van der Waals surface area contributed by atoms with Crippen LogP contribution < -0.4 is 0 Å². The van der Waals surface area contributed by atoms with Gasteiger partial charge in [0.15, 0.2) is 11.4 Å². The van der Waals surface area contributed by atoms with Crippen molar-refractivity contribution in [3.8, 4) is 6.07 Å². The summed E-state index contributed by atoms with van der Waals surface area (Å²) in [7, 11) is 0. The fraction of sp³-hybridized carbons (Fsp3) is 0. The number of furan rings is 1. The van der Waals surface area contributed by atoms with Crippen LogP contribution >= 0.6 is 0 Å². The molecule has 0 atom stereocenters. The van der Waals surface area contributed by atoms with Gasteiger partial charge in [-0.1, -0.05) is 0 Å². The smallest absolute Gasteiger partial charge is 0.169 e. The summed E-state index contributed by atoms with van der Waals surface area (Å²) in [6.07, 6.45) is 1.40. The molecule has 0 aliphatic heterocycles. The first-order valence-electron chi connectivity index (χ1n) is 3.38. The number of hydrogen-bond acceptors (Lipinski definition) is 2. The van der Waals surface area contributed by atoms with Gasteiger partial charge >= 0.3 is 0 Å². The van der Waals surface area contributed by atoms with Crippen molar-refractivity contribution in [2.75, 3.05) is 0 Å². The molecule has 2 rings (SSSR count). The molecule has 58 valence electrons. The third kappa shape index (κ3) is 0.857. The predicted octanol–water partition coefficient (Wildman–Crippen LogP) is 2.44. The van der Waals surface area contributed by atoms with Gasteiger partial charge in [0.05, 0.1) is 17.9 Å². The Kier molecular flexibility index (Phi) is 1.34. The summed E-state index contributed by atoms with van der Waals surface area (Å²) in [6, 6.07) is 6.24. The average Bonchev–Trinajstić information content (AvgIpc) is 2.52. The van der Waals surface area contributed by atoms with Crippen LogP contribution in [0.15, 0.2) is 28.9 Å². The zero-order chi connectivity index (χ0) is 8.55. The van der Waals surface area contributed by atoms with Crippen LogP contribution in [0.2, 0.25) is 0 Å². The van der Waals surface area contributed by atoms with Gasteiger partial charge in [0.2, 0.25) is 0 Å². The second-order valence-corrected chi connectivity index (χ2v) is 2.41. The van der Waals surface area contributed by atoms with E-state index in [1.807, 2.05) is 6.07 Å². The number of nitrogens with zero attached hydrogens (tertiary/aromatic N) is 1. The first kappa shape index (κ1) is 6.86. The normalized spacial score (nSPS) is 10.0. The lowest BCUT2D eigenvalue weighted by Gasteiger charge is -1.91. The highest BCUT2D eigenvalue weighted by Crippen LogP contribution is 2.20. The molecule has 0 spiro atoms. The fourth-order valence-electron chi connectivity index (χ4n) is 1.10. The summed E-state index contributed by atoms with van der Waals surface area (Å²) in [5.74, 6) is -0.492. The molecular formula is C9H4FNO. The molecule has 1 aromatic carbocycles. The molecule has 2 nitrogen and oxygen atoms in total. The largest absolute Gasteiger partial charge is 0.461 e. The Balaban J connectivity index is 2.86. The van der Waals surface area contributed by atoms with Crippen LogP contribution in [0, 0.1) is 17.1 Å². The summed E-state index contributed by atoms with van der Waals surface area (Å²) < 4.78 is 17.9. The standard InChI is InChI=1S/C9H4FNO/c10-8-4-6(5-11)3-7-1-2-12-9(7)8/h1-4H. The van der Waals surface area contributed by atoms with Crippen molar-refractivity contribution >= 4 is 11.0 Å². The number of rotatable bonds is 0. The van der Waals surface area contributed by atoms with Crippen LogP contribution in [0.4, 0.5) is 4.39 Å². The van der Waals surface area contributed by atoms with Crippen LogP contribution in [0.25, 0.3) is 11.0 Å². The first-order valence-corrected chi connectivity index (χ1v) is 3.38. The minimum Gasteiger partial charge on any atom is -0.461 e. The maximum Gasteiger partial charge on any atom is 0.169 e. The van der Waals surface area contributed by atoms with E-state index in [-0.39, 0.29) is 5.58 Å². The maximum absolute atomic E-state index is 13.0. The van der Waals surface area contributed by atoms with Crippen molar-refractivity contribution < 1.29 is 8.81 Å². The molecule has 1 heterocycles. The van der Waals surface area contributed by atoms with Gasteiger partial charge in [-0.15, -0.1) is 0 Å². The Morgan fingerprint density at radius 1 is 1.42 bits per heavy atom. The van der Waals surface area contributed by atoms with E-state index in [4.69, 9.17) is 9.68 Å². The Labute approximate surface area is 67.8 Å². The minimum atomic E-state index is -0.492. The van der Waals surface area contributed by atoms with Crippen molar-refractivity contribution in [3.63, 3.8) is 0 Å². The highest BCUT2D eigenvalue weighted by molar-refractivity contribution is 5.79. The van der Waals surface area contributed by atoms with Crippen LogP contribution in [0.5, 0.6) is 0 Å². The lowest BCUT2D eigenvalue weighted by atomic mass is 10.2. The number of hydrogen-bond donors (Lipinski definition) is 0. The van der Waals surface area contributed by atoms with E-state index in [0.717, 1.165) is 6.07 Å². The number of halogens is 1. The van der Waals surface area contributed by atoms with Crippen molar-refractivity contribution in [1.82, 2.24) is 0 Å². The van der Waals surface area contributed by atoms with Crippen LogP contribution in [0.3, 0.4) is 0 Å². The van der Waals surface area contributed by atoms with Gasteiger partial charge in [0.1, 0.15) is 0 Å². The monoisotopic (exact) mass is 161 g/mol. The van der Waals surface area contributed by atoms with Gasteiger partial charge in [0.25, 0.3) is 0 Å². The van der Waals surface area contributed by atoms with Crippen molar-refractivity contribution in [3.05, 3.63) is 35.8 Å². The number of benzene rings is 1. The van der Waals surface area contributed by atoms with Gasteiger partial charge in [-0.2, -0.15) is 5.26 Å². The average molecular weight is 161 g/mol. The summed E-state index contributed by atoms with van der Waals surface area (Å²) in [5, 5.41) is 9.13. The van der Waals surface area contributed by atoms with E-state index in [0.29, 0.717) is 10.9 Å². The maximum atomic E-state index is 13.0. The lowest BCUT2D eigenvalue weighted by molar-refractivity contribution is 0.560. The molecule has 0 unspecified atom stereocenters. The highest BCUT2D eigenvalue weighted by atomic mass is 19.1. The Hall–Kier alpha value is -1.82. The molecule has 0 aliphatic carbocycles. The molecule has 2 aromatic rings. The van der Waals surface area contributed by atoms with Crippen LogP contribution in [-0.2, 0) is 0 Å². The SMILES string of the molecule is N#Cc1cc(F)c2occc2c1. The molecule has 0 amide bonds. The zero-order valence-electron chi connectivity index (χ0n) is 6.04. The second-order valence-electron chi connectivity index (χ2n) is 2.41. The van der Waals surface area contributed by atoms with E-state index < -0.39 is 5.82 Å². The lowest BCUT2D eigenvalue weighted by Crippen LogP contribution is -1.78. The molecule has 0 N–H and O–H groups in total. The van der Waals surface area contributed by atoms with Crippen LogP contribution in [0.1, 0.15) is 5.56 Å². The molecule has 0 saturated heterocycles. The molecule has 12 heavy (non-hydrogen) atoms. The van der Waals surface area contributed by atoms with Crippen molar-refractivity contribution in [2.45, 2.75) is 0 Å². The predicted molar refractivity (Wildman–Crippen MR) is 40.9 cm³/mol. The van der Waals surface area contributed by atoms with Gasteiger partial charge < -0.3 is 4.42 Å². The highest BCUT2D eigenvalue weighted by Gasteiger charge is 2.05. The quantitative estimate of drug-likeness (QED) is 0.595. The van der Waals surface area contributed by atoms with Crippen LogP contribution in [-0.4, -0.2) is 0 Å². The molecule has 0 saturated carbocycles. The van der Waals surface area contributed by atoms with E-state index in [2.05, 4.69) is 0 Å². The molecular weight excluding hydrogens is 157 g/mol. The zero-order valence-corrected chi connectivity index (χ0v) is 6.04. The molecule has 0 bridgehead atoms. The molecule has 0 fully saturated rings. The van der Waals surface area contributed by atoms with E-state index in [1.54, 1.807) is 12.1 Å². The van der Waals surface area contributed by atoms with E-state index in [9.17, 15) is 4.39 Å². The third-order valence-electron chi connectivity index (χ3n) is 1.63. The fourth-order valence-corrected chi connectivity index (χ4v) is 1.10. The Morgan fingerprint density at radius 2 is 2.25 bits per heavy atom. The summed E-state index contributed by atoms with van der Waals surface area (Å²) in [4.78, 5) is 0. The van der Waals surface area contributed by atoms with E-state index >= 15 is 0 Å². The van der Waals surface area contributed by atoms with Gasteiger partial charge in [-0.05, 0) is 18.2 Å². The Morgan fingerprint density at radius 3 is 3.00 bits per heavy atom. The van der Waals surface area contributed by atoms with Gasteiger partial charge in [0, 0.05) is 5.39 Å². The minimum absolute atomic E-state index is 0.203. The molecule has 0 aliphatic rings. The Bertz CT molecular complexity index is 467.